The van der Waals surface area contributed by atoms with Crippen LogP contribution in [-0.4, -0.2) is 106 Å². The van der Waals surface area contributed by atoms with Gasteiger partial charge in [-0.25, -0.2) is 4.68 Å². The largest absolute Gasteiger partial charge is 0.461 e. The highest BCUT2D eigenvalue weighted by molar-refractivity contribution is 6.00. The molecule has 0 aliphatic carbocycles. The summed E-state index contributed by atoms with van der Waals surface area (Å²) in [6, 6.07) is 21.7. The van der Waals surface area contributed by atoms with E-state index >= 15 is 0 Å². The smallest absolute Gasteiger partial charge is 0.305 e. The Kier molecular flexibility index (Phi) is 20.4. The molecule has 0 bridgehead atoms. The molecule has 4 aromatic rings. The molecule has 1 aliphatic rings. The average molecular weight is 1010 g/mol. The van der Waals surface area contributed by atoms with E-state index in [2.05, 4.69) is 45.4 Å². The first-order valence-corrected chi connectivity index (χ1v) is 25.3. The SMILES string of the molecule is CCC(=O)OCc1ccc(NC(=O)CNC(=O)C(NC(=O)CCCC(=O)N(C)CCC(C)(C)OCCC(C)(C)C(=O)NCCC(=O)N2Cc3ccccc3-c3c(nnn3C(C)C)-c3ccccc32)C(C)C)cc1. The molecular weight excluding hydrogens is 931 g/mol. The van der Waals surface area contributed by atoms with Gasteiger partial charge < -0.3 is 40.5 Å². The summed E-state index contributed by atoms with van der Waals surface area (Å²) in [6.45, 7) is 18.0. The van der Waals surface area contributed by atoms with Gasteiger partial charge >= 0.3 is 5.97 Å². The number of hydrogen-bond donors (Lipinski definition) is 4. The van der Waals surface area contributed by atoms with Crippen LogP contribution in [0, 0.1) is 11.3 Å². The maximum Gasteiger partial charge on any atom is 0.305 e. The molecule has 0 radical (unpaired) electrons. The molecule has 1 atom stereocenters. The molecule has 3 aromatic carbocycles. The zero-order chi connectivity index (χ0) is 53.5. The van der Waals surface area contributed by atoms with Crippen molar-refractivity contribution in [3.8, 4) is 22.5 Å². The van der Waals surface area contributed by atoms with Crippen molar-refractivity contribution in [1.82, 2.24) is 35.8 Å². The van der Waals surface area contributed by atoms with Crippen molar-refractivity contribution in [2.24, 2.45) is 11.3 Å². The Hall–Kier alpha value is -6.95. The molecule has 0 saturated heterocycles. The number of rotatable bonds is 25. The van der Waals surface area contributed by atoms with Gasteiger partial charge in [0.1, 0.15) is 18.3 Å². The molecule has 6 amide bonds. The Labute approximate surface area is 429 Å². The molecule has 18 heteroatoms. The van der Waals surface area contributed by atoms with Crippen LogP contribution in [0.15, 0.2) is 72.8 Å². The van der Waals surface area contributed by atoms with Crippen molar-refractivity contribution in [3.63, 3.8) is 0 Å². The number of esters is 1. The second kappa shape index (κ2) is 26.1. The molecular formula is C55H75N9O9. The number of carbonyl (C=O) groups excluding carboxylic acids is 7. The van der Waals surface area contributed by atoms with Crippen LogP contribution in [0.3, 0.4) is 0 Å². The van der Waals surface area contributed by atoms with E-state index in [0.717, 1.165) is 33.6 Å². The Morgan fingerprint density at radius 1 is 0.808 bits per heavy atom. The zero-order valence-corrected chi connectivity index (χ0v) is 44.3. The molecule has 73 heavy (non-hydrogen) atoms. The number of fused-ring (bicyclic) bond motifs is 5. The number of ether oxygens (including phenoxy) is 2. The van der Waals surface area contributed by atoms with Gasteiger partial charge in [0.25, 0.3) is 0 Å². The number of carbonyl (C=O) groups is 7. The van der Waals surface area contributed by atoms with Gasteiger partial charge in [0.15, 0.2) is 0 Å². The summed E-state index contributed by atoms with van der Waals surface area (Å²) in [4.78, 5) is 93.8. The molecule has 2 heterocycles. The van der Waals surface area contributed by atoms with Gasteiger partial charge in [0, 0.05) is 80.7 Å². The minimum absolute atomic E-state index is 0.0332. The lowest BCUT2D eigenvalue weighted by Crippen LogP contribution is -2.51. The normalized spacial score (nSPS) is 12.6. The molecule has 4 N–H and O–H groups in total. The number of nitrogens with zero attached hydrogens (tertiary/aromatic N) is 5. The summed E-state index contributed by atoms with van der Waals surface area (Å²) in [5.74, 6) is -2.37. The number of nitrogens with one attached hydrogen (secondary N) is 4. The van der Waals surface area contributed by atoms with Crippen LogP contribution in [0.25, 0.3) is 22.5 Å². The molecule has 1 aromatic heterocycles. The van der Waals surface area contributed by atoms with E-state index in [4.69, 9.17) is 9.47 Å². The first kappa shape index (κ1) is 57.0. The summed E-state index contributed by atoms with van der Waals surface area (Å²) in [7, 11) is 1.70. The predicted octanol–water partition coefficient (Wildman–Crippen LogP) is 7.13. The highest BCUT2D eigenvalue weighted by atomic mass is 16.5. The minimum Gasteiger partial charge on any atom is -0.461 e. The lowest BCUT2D eigenvalue weighted by Gasteiger charge is -2.31. The van der Waals surface area contributed by atoms with E-state index in [9.17, 15) is 33.6 Å². The topological polar surface area (TPSA) is 223 Å². The van der Waals surface area contributed by atoms with Gasteiger partial charge in [0.05, 0.1) is 30.1 Å². The fourth-order valence-electron chi connectivity index (χ4n) is 8.16. The Morgan fingerprint density at radius 3 is 2.18 bits per heavy atom. The van der Waals surface area contributed by atoms with Crippen molar-refractivity contribution in [3.05, 3.63) is 83.9 Å². The van der Waals surface area contributed by atoms with Crippen LogP contribution < -0.4 is 26.2 Å². The summed E-state index contributed by atoms with van der Waals surface area (Å²) in [6.07, 6.45) is 1.77. The maximum atomic E-state index is 14.0. The lowest BCUT2D eigenvalue weighted by molar-refractivity contribution is -0.144. The third kappa shape index (κ3) is 16.3. The number of hydrogen-bond acceptors (Lipinski definition) is 11. The minimum atomic E-state index is -0.884. The van der Waals surface area contributed by atoms with Gasteiger partial charge in [-0.05, 0) is 82.2 Å². The molecule has 5 rings (SSSR count). The van der Waals surface area contributed by atoms with Crippen LogP contribution in [0.4, 0.5) is 11.4 Å². The van der Waals surface area contributed by atoms with E-state index in [-0.39, 0.29) is 93.4 Å². The predicted molar refractivity (Wildman–Crippen MR) is 280 cm³/mol. The summed E-state index contributed by atoms with van der Waals surface area (Å²) in [5, 5.41) is 20.1. The van der Waals surface area contributed by atoms with Crippen molar-refractivity contribution in [1.29, 1.82) is 0 Å². The molecule has 1 unspecified atom stereocenters. The number of benzene rings is 3. The third-order valence-corrected chi connectivity index (χ3v) is 12.9. The molecule has 0 saturated carbocycles. The van der Waals surface area contributed by atoms with Crippen molar-refractivity contribution >= 4 is 52.8 Å². The van der Waals surface area contributed by atoms with E-state index in [1.807, 2.05) is 80.9 Å². The Morgan fingerprint density at radius 2 is 1.49 bits per heavy atom. The zero-order valence-electron chi connectivity index (χ0n) is 44.3. The van der Waals surface area contributed by atoms with Gasteiger partial charge in [0.2, 0.25) is 35.4 Å². The highest BCUT2D eigenvalue weighted by Crippen LogP contribution is 2.42. The van der Waals surface area contributed by atoms with E-state index < -0.39 is 28.9 Å². The van der Waals surface area contributed by atoms with Crippen LogP contribution in [0.1, 0.15) is 124 Å². The van der Waals surface area contributed by atoms with Gasteiger partial charge in [-0.1, -0.05) is 94.4 Å². The average Bonchev–Trinajstić information content (AvgIpc) is 3.80. The van der Waals surface area contributed by atoms with Crippen LogP contribution in [0.5, 0.6) is 0 Å². The molecule has 0 fully saturated rings. The molecule has 394 valence electrons. The number of anilines is 2. The second-order valence-corrected chi connectivity index (χ2v) is 20.4. The Balaban J connectivity index is 0.993. The fourth-order valence-corrected chi connectivity index (χ4v) is 8.16. The summed E-state index contributed by atoms with van der Waals surface area (Å²) >= 11 is 0. The van der Waals surface area contributed by atoms with Crippen LogP contribution in [-0.2, 0) is 56.2 Å². The third-order valence-electron chi connectivity index (χ3n) is 12.9. The van der Waals surface area contributed by atoms with E-state index in [1.54, 1.807) is 61.9 Å². The van der Waals surface area contributed by atoms with Crippen molar-refractivity contribution in [2.45, 2.75) is 138 Å². The summed E-state index contributed by atoms with van der Waals surface area (Å²) < 4.78 is 13.3. The summed E-state index contributed by atoms with van der Waals surface area (Å²) in [5.41, 5.74) is 5.00. The quantitative estimate of drug-likeness (QED) is 0.0489. The number of para-hydroxylation sites is 1. The first-order chi connectivity index (χ1) is 34.6. The van der Waals surface area contributed by atoms with Crippen molar-refractivity contribution in [2.75, 3.05) is 43.5 Å². The number of amides is 6. The monoisotopic (exact) mass is 1010 g/mol. The highest BCUT2D eigenvalue weighted by Gasteiger charge is 2.32. The molecule has 18 nitrogen and oxygen atoms in total. The van der Waals surface area contributed by atoms with Crippen LogP contribution in [0.2, 0.25) is 0 Å². The van der Waals surface area contributed by atoms with Crippen LogP contribution >= 0.6 is 0 Å². The molecule has 0 spiro atoms. The molecule has 1 aliphatic heterocycles. The number of aromatic nitrogens is 3. The van der Waals surface area contributed by atoms with Gasteiger partial charge in [-0.3, -0.25) is 33.6 Å². The van der Waals surface area contributed by atoms with Crippen molar-refractivity contribution < 1.29 is 43.0 Å². The van der Waals surface area contributed by atoms with E-state index in [0.29, 0.717) is 43.9 Å². The lowest BCUT2D eigenvalue weighted by atomic mass is 9.88. The van der Waals surface area contributed by atoms with E-state index in [1.165, 1.54) is 0 Å². The maximum absolute atomic E-state index is 14.0. The fraction of sp³-hybridized carbons (Fsp3) is 0.509. The van der Waals surface area contributed by atoms with Gasteiger partial charge in [-0.15, -0.1) is 5.10 Å². The standard InChI is InChI=1S/C55H75N9O9/c1-11-48(69)72-35-38-23-25-40(26-24-38)58-45(66)33-57-52(70)49(36(2)3)59-44(65)21-16-22-46(67)62(10)31-28-55(8,9)73-32-29-54(6,7)53(71)56-30-27-47(68)63-34-39-17-12-13-18-41(39)51-50(60-61-64(51)37(4)5)42-19-14-15-20-43(42)63/h12-15,17-20,23-26,36-37,49H,11,16,21-22,27-35H2,1-10H3,(H,56,71)(H,57,70)(H,58,66)(H,59,65). The Bertz CT molecular complexity index is 2570. The second-order valence-electron chi connectivity index (χ2n) is 20.4. The van der Waals surface area contributed by atoms with Gasteiger partial charge in [-0.2, -0.15) is 0 Å². The first-order valence-electron chi connectivity index (χ1n) is 25.3.